The summed E-state index contributed by atoms with van der Waals surface area (Å²) in [5.74, 6) is -0.866. The summed E-state index contributed by atoms with van der Waals surface area (Å²) in [5, 5.41) is 19.5. The molecule has 0 bridgehead atoms. The van der Waals surface area contributed by atoms with E-state index in [1.54, 1.807) is 55.5 Å². The molecule has 40 heavy (non-hydrogen) atoms. The van der Waals surface area contributed by atoms with Gasteiger partial charge in [0.05, 0.1) is 18.2 Å². The van der Waals surface area contributed by atoms with Crippen LogP contribution < -0.4 is 9.64 Å². The fourth-order valence-electron chi connectivity index (χ4n) is 4.23. The van der Waals surface area contributed by atoms with Gasteiger partial charge in [0.25, 0.3) is 5.91 Å². The zero-order valence-corrected chi connectivity index (χ0v) is 23.4. The normalized spacial score (nSPS) is 15.2. The Morgan fingerprint density at radius 2 is 1.93 bits per heavy atom. The molecular weight excluding hydrogens is 553 g/mol. The maximum Gasteiger partial charge on any atom is 0.296 e. The SMILES string of the molecule is CCCCOc1ccc(C2C(C(=O)c3ccc(C)o3)=C(O)C(=O)N2c2nnc(SCc3ccccc3F)s2)cc1. The van der Waals surface area contributed by atoms with Crippen LogP contribution in [-0.4, -0.2) is 33.6 Å². The third-order valence-electron chi connectivity index (χ3n) is 6.29. The van der Waals surface area contributed by atoms with E-state index in [1.165, 1.54) is 28.8 Å². The highest BCUT2D eigenvalue weighted by molar-refractivity contribution is 8.00. The number of halogens is 1. The van der Waals surface area contributed by atoms with Gasteiger partial charge in [0.15, 0.2) is 15.9 Å². The lowest BCUT2D eigenvalue weighted by molar-refractivity contribution is -0.117. The number of anilines is 1. The van der Waals surface area contributed by atoms with Crippen molar-refractivity contribution in [2.24, 2.45) is 0 Å². The third kappa shape index (κ3) is 5.66. The molecule has 206 valence electrons. The van der Waals surface area contributed by atoms with Crippen LogP contribution in [0.25, 0.3) is 0 Å². The van der Waals surface area contributed by atoms with E-state index in [1.807, 2.05) is 0 Å². The van der Waals surface area contributed by atoms with Crippen molar-refractivity contribution in [2.75, 3.05) is 11.5 Å². The van der Waals surface area contributed by atoms with Crippen molar-refractivity contribution in [3.8, 4) is 5.75 Å². The molecule has 1 unspecified atom stereocenters. The van der Waals surface area contributed by atoms with Crippen LogP contribution in [0.5, 0.6) is 5.75 Å². The monoisotopic (exact) mass is 579 g/mol. The number of hydrogen-bond donors (Lipinski definition) is 1. The fraction of sp³-hybridized carbons (Fsp3) is 0.241. The first kappa shape index (κ1) is 27.6. The number of amides is 1. The quantitative estimate of drug-likeness (QED) is 0.0892. The van der Waals surface area contributed by atoms with E-state index in [-0.39, 0.29) is 22.3 Å². The van der Waals surface area contributed by atoms with Crippen LogP contribution in [0, 0.1) is 12.7 Å². The number of aryl methyl sites for hydroxylation is 1. The number of rotatable bonds is 11. The number of furan rings is 1. The minimum atomic E-state index is -0.979. The highest BCUT2D eigenvalue weighted by Crippen LogP contribution is 2.44. The zero-order chi connectivity index (χ0) is 28.2. The van der Waals surface area contributed by atoms with Crippen molar-refractivity contribution in [3.63, 3.8) is 0 Å². The molecule has 1 aliphatic rings. The lowest BCUT2D eigenvalue weighted by Crippen LogP contribution is -2.31. The van der Waals surface area contributed by atoms with Crippen molar-refractivity contribution >= 4 is 39.9 Å². The van der Waals surface area contributed by atoms with Gasteiger partial charge < -0.3 is 14.3 Å². The molecule has 0 fully saturated rings. The molecule has 0 aliphatic carbocycles. The molecule has 1 amide bonds. The number of aliphatic hydroxyl groups excluding tert-OH is 1. The summed E-state index contributed by atoms with van der Waals surface area (Å²) in [6.07, 6.45) is 1.92. The second-order valence-electron chi connectivity index (χ2n) is 9.08. The maximum absolute atomic E-state index is 14.1. The first-order chi connectivity index (χ1) is 19.4. The van der Waals surface area contributed by atoms with Crippen LogP contribution >= 0.6 is 23.1 Å². The first-order valence-electron chi connectivity index (χ1n) is 12.7. The molecule has 5 rings (SSSR count). The number of carbonyl (C=O) groups is 2. The van der Waals surface area contributed by atoms with Crippen LogP contribution in [0.2, 0.25) is 0 Å². The average molecular weight is 580 g/mol. The van der Waals surface area contributed by atoms with Gasteiger partial charge in [-0.1, -0.05) is 66.8 Å². The van der Waals surface area contributed by atoms with Gasteiger partial charge in [0, 0.05) is 5.75 Å². The topological polar surface area (TPSA) is 106 Å². The number of aromatic nitrogens is 2. The Hall–Kier alpha value is -3.96. The summed E-state index contributed by atoms with van der Waals surface area (Å²) < 4.78 is 25.9. The molecular formula is C29H26FN3O5S2. The highest BCUT2D eigenvalue weighted by atomic mass is 32.2. The van der Waals surface area contributed by atoms with E-state index >= 15 is 0 Å². The summed E-state index contributed by atoms with van der Waals surface area (Å²) in [4.78, 5) is 28.2. The summed E-state index contributed by atoms with van der Waals surface area (Å²) >= 11 is 2.39. The minimum absolute atomic E-state index is 0.0108. The van der Waals surface area contributed by atoms with Crippen LogP contribution in [0.15, 0.2) is 80.8 Å². The van der Waals surface area contributed by atoms with Gasteiger partial charge in [-0.15, -0.1) is 10.2 Å². The number of thioether (sulfide) groups is 1. The predicted octanol–water partition coefficient (Wildman–Crippen LogP) is 6.83. The van der Waals surface area contributed by atoms with Crippen molar-refractivity contribution in [3.05, 3.63) is 100 Å². The van der Waals surface area contributed by atoms with E-state index < -0.39 is 23.5 Å². The molecule has 11 heteroatoms. The fourth-order valence-corrected chi connectivity index (χ4v) is 6.09. The number of carbonyl (C=O) groups excluding carboxylic acids is 2. The van der Waals surface area contributed by atoms with Gasteiger partial charge >= 0.3 is 0 Å². The minimum Gasteiger partial charge on any atom is -0.503 e. The van der Waals surface area contributed by atoms with E-state index in [0.717, 1.165) is 24.2 Å². The summed E-state index contributed by atoms with van der Waals surface area (Å²) in [6.45, 7) is 4.35. The molecule has 0 spiro atoms. The molecule has 0 saturated carbocycles. The van der Waals surface area contributed by atoms with Crippen LogP contribution in [0.4, 0.5) is 9.52 Å². The van der Waals surface area contributed by atoms with Gasteiger partial charge in [0.1, 0.15) is 17.3 Å². The molecule has 2 aromatic carbocycles. The number of nitrogens with zero attached hydrogens (tertiary/aromatic N) is 3. The summed E-state index contributed by atoms with van der Waals surface area (Å²) in [6, 6.07) is 15.7. The number of unbranched alkanes of at least 4 members (excludes halogenated alkanes) is 1. The van der Waals surface area contributed by atoms with Crippen LogP contribution in [-0.2, 0) is 10.5 Å². The van der Waals surface area contributed by atoms with Gasteiger partial charge in [-0.05, 0) is 54.8 Å². The second-order valence-corrected chi connectivity index (χ2v) is 11.3. The van der Waals surface area contributed by atoms with E-state index in [0.29, 0.717) is 39.3 Å². The van der Waals surface area contributed by atoms with Gasteiger partial charge in [-0.2, -0.15) is 0 Å². The summed E-state index contributed by atoms with van der Waals surface area (Å²) in [5.41, 5.74) is 0.971. The van der Waals surface area contributed by atoms with Gasteiger partial charge in [-0.25, -0.2) is 4.39 Å². The smallest absolute Gasteiger partial charge is 0.296 e. The Bertz CT molecular complexity index is 1560. The highest BCUT2D eigenvalue weighted by Gasteiger charge is 2.46. The Balaban J connectivity index is 1.47. The Morgan fingerprint density at radius 1 is 1.15 bits per heavy atom. The number of ether oxygens (including phenoxy) is 1. The van der Waals surface area contributed by atoms with Crippen LogP contribution in [0.1, 0.15) is 53.2 Å². The molecule has 2 aromatic heterocycles. The second kappa shape index (κ2) is 12.1. The molecule has 3 heterocycles. The summed E-state index contributed by atoms with van der Waals surface area (Å²) in [7, 11) is 0. The Labute approximate surface area is 238 Å². The lowest BCUT2D eigenvalue weighted by atomic mass is 9.95. The molecule has 8 nitrogen and oxygen atoms in total. The number of Topliss-reactive ketones (excluding diaryl/α,β-unsaturated/α-hetero) is 1. The molecule has 0 saturated heterocycles. The largest absolute Gasteiger partial charge is 0.503 e. The first-order valence-corrected chi connectivity index (χ1v) is 14.5. The van der Waals surface area contributed by atoms with E-state index in [2.05, 4.69) is 17.1 Å². The van der Waals surface area contributed by atoms with Gasteiger partial charge in [0.2, 0.25) is 10.9 Å². The van der Waals surface area contributed by atoms with Crippen molar-refractivity contribution in [2.45, 2.75) is 42.8 Å². The van der Waals surface area contributed by atoms with E-state index in [4.69, 9.17) is 9.15 Å². The molecule has 1 atom stereocenters. The maximum atomic E-state index is 14.1. The molecule has 1 N–H and O–H groups in total. The van der Waals surface area contributed by atoms with Crippen molar-refractivity contribution < 1.29 is 28.2 Å². The average Bonchev–Trinajstić information content (AvgIpc) is 3.67. The van der Waals surface area contributed by atoms with Gasteiger partial charge in [-0.3, -0.25) is 14.5 Å². The molecule has 1 aliphatic heterocycles. The number of ketones is 1. The Morgan fingerprint density at radius 3 is 2.62 bits per heavy atom. The van der Waals surface area contributed by atoms with Crippen molar-refractivity contribution in [1.82, 2.24) is 10.2 Å². The lowest BCUT2D eigenvalue weighted by Gasteiger charge is -2.24. The number of benzene rings is 2. The van der Waals surface area contributed by atoms with Crippen LogP contribution in [0.3, 0.4) is 0 Å². The van der Waals surface area contributed by atoms with E-state index in [9.17, 15) is 19.1 Å². The predicted molar refractivity (Wildman–Crippen MR) is 150 cm³/mol. The molecule has 4 aromatic rings. The zero-order valence-electron chi connectivity index (χ0n) is 21.8. The third-order valence-corrected chi connectivity index (χ3v) is 8.39. The number of aliphatic hydroxyl groups is 1. The Kier molecular flexibility index (Phi) is 8.32. The van der Waals surface area contributed by atoms with Crippen molar-refractivity contribution in [1.29, 1.82) is 0 Å². The standard InChI is InChI=1S/C29H26FN3O5S2/c1-3-4-15-37-20-12-10-18(11-13-20)24-23(25(34)22-14-9-17(2)38-22)26(35)27(36)33(24)28-31-32-29(40-28)39-16-19-7-5-6-8-21(19)30/h5-14,24,35H,3-4,15-16H2,1-2H3. The number of hydrogen-bond acceptors (Lipinski definition) is 9. The molecule has 0 radical (unpaired) electrons.